The van der Waals surface area contributed by atoms with Crippen molar-refractivity contribution in [3.05, 3.63) is 131 Å². The fraction of sp³-hybridized carbons (Fsp3) is 0.256. The third kappa shape index (κ3) is 9.19. The maximum absolute atomic E-state index is 12.1. The molecule has 1 aliphatic rings. The van der Waals surface area contributed by atoms with Gasteiger partial charge in [0, 0.05) is 35.4 Å². The Balaban J connectivity index is 1.16. The van der Waals surface area contributed by atoms with Crippen molar-refractivity contribution in [3.63, 3.8) is 0 Å². The Morgan fingerprint density at radius 3 is 2.18 bits per heavy atom. The topological polar surface area (TPSA) is 132 Å². The number of nitrogens with zero attached hydrogens (tertiary/aromatic N) is 1. The van der Waals surface area contributed by atoms with Crippen molar-refractivity contribution in [1.29, 1.82) is 0 Å². The second-order valence-electron chi connectivity index (χ2n) is 11.6. The van der Waals surface area contributed by atoms with E-state index in [2.05, 4.69) is 10.6 Å². The predicted octanol–water partition coefficient (Wildman–Crippen LogP) is 7.20. The molecule has 0 bridgehead atoms. The van der Waals surface area contributed by atoms with Gasteiger partial charge in [-0.05, 0) is 23.6 Å². The summed E-state index contributed by atoms with van der Waals surface area (Å²) in [7, 11) is 0. The van der Waals surface area contributed by atoms with Crippen molar-refractivity contribution in [2.75, 3.05) is 18.9 Å². The van der Waals surface area contributed by atoms with Crippen molar-refractivity contribution in [3.8, 4) is 22.6 Å². The molecule has 0 radical (unpaired) electrons. The molecule has 0 aliphatic carbocycles. The Morgan fingerprint density at radius 2 is 1.50 bits per heavy atom. The van der Waals surface area contributed by atoms with Crippen LogP contribution in [0.15, 0.2) is 119 Å². The summed E-state index contributed by atoms with van der Waals surface area (Å²) < 4.78 is 24.2. The molecule has 2 heterocycles. The minimum atomic E-state index is -0.643. The molecule has 10 nitrogen and oxygen atoms in total. The molecule has 1 aromatic heterocycles. The molecule has 3 unspecified atom stereocenters. The number of aromatic nitrogens is 1. The molecule has 11 heteroatoms. The highest BCUT2D eigenvalue weighted by atomic mass is 32.2. The molecule has 50 heavy (non-hydrogen) atoms. The van der Waals surface area contributed by atoms with Gasteiger partial charge in [-0.2, -0.15) is 0 Å². The van der Waals surface area contributed by atoms with Gasteiger partial charge in [-0.15, -0.1) is 0 Å². The average molecular weight is 694 g/mol. The van der Waals surface area contributed by atoms with E-state index in [0.717, 1.165) is 44.8 Å². The number of ether oxygens (including phenoxy) is 3. The minimum Gasteiger partial charge on any atom is -0.465 e. The van der Waals surface area contributed by atoms with Crippen LogP contribution in [0.25, 0.3) is 22.6 Å². The van der Waals surface area contributed by atoms with Gasteiger partial charge in [-0.25, -0.2) is 9.78 Å². The summed E-state index contributed by atoms with van der Waals surface area (Å²) >= 11 is 1.51. The summed E-state index contributed by atoms with van der Waals surface area (Å²) in [5.74, 6) is 0.808. The van der Waals surface area contributed by atoms with Crippen LogP contribution in [0.2, 0.25) is 0 Å². The normalized spacial score (nSPS) is 17.2. The summed E-state index contributed by atoms with van der Waals surface area (Å²) in [4.78, 5) is 28.5. The number of urea groups is 1. The number of benzene rings is 4. The number of carbonyl (C=O) groups is 2. The second-order valence-corrected chi connectivity index (χ2v) is 12.6. The molecule has 1 fully saturated rings. The quantitative estimate of drug-likeness (QED) is 0.0865. The third-order valence-corrected chi connectivity index (χ3v) is 9.06. The highest BCUT2D eigenvalue weighted by molar-refractivity contribution is 7.99. The van der Waals surface area contributed by atoms with Crippen LogP contribution in [0.1, 0.15) is 48.0 Å². The lowest BCUT2D eigenvalue weighted by Gasteiger charge is -2.36. The highest BCUT2D eigenvalue weighted by Gasteiger charge is 2.33. The van der Waals surface area contributed by atoms with E-state index in [1.165, 1.54) is 11.8 Å². The van der Waals surface area contributed by atoms with Gasteiger partial charge in [0.15, 0.2) is 12.1 Å². The smallest absolute Gasteiger partial charge is 0.325 e. The monoisotopic (exact) mass is 693 g/mol. The van der Waals surface area contributed by atoms with Crippen LogP contribution in [0.3, 0.4) is 0 Å². The number of hydrogen-bond donors (Lipinski definition) is 3. The van der Waals surface area contributed by atoms with E-state index < -0.39 is 18.3 Å². The molecule has 6 rings (SSSR count). The van der Waals surface area contributed by atoms with Crippen LogP contribution in [-0.2, 0) is 32.2 Å². The van der Waals surface area contributed by atoms with E-state index in [0.29, 0.717) is 17.4 Å². The highest BCUT2D eigenvalue weighted by Crippen LogP contribution is 2.41. The Morgan fingerprint density at radius 1 is 0.840 bits per heavy atom. The van der Waals surface area contributed by atoms with Gasteiger partial charge >= 0.3 is 12.0 Å². The first-order valence-corrected chi connectivity index (χ1v) is 17.5. The molecule has 3 N–H and O–H groups in total. The molecular formula is C39H39N3O7S. The number of oxazole rings is 1. The molecular weight excluding hydrogens is 655 g/mol. The molecule has 3 atom stereocenters. The maximum Gasteiger partial charge on any atom is 0.325 e. The standard InChI is InChI=1S/C39H39N3O7S/c1-2-46-34(44)23-41-38(45)40-22-26-13-19-31(20-14-26)37-47-32(21-33(48-37)28-17-15-27(24-43)16-18-28)25-50-39-42-35(29-9-5-3-6-10-29)36(49-39)30-11-7-4-8-12-30/h3-20,32-33,37,43H,2,21-25H2,1H3,(H2,40,41,45). The number of rotatable bonds is 13. The lowest BCUT2D eigenvalue weighted by atomic mass is 10.0. The molecule has 258 valence electrons. The van der Waals surface area contributed by atoms with Gasteiger partial charge in [0.1, 0.15) is 12.2 Å². The summed E-state index contributed by atoms with van der Waals surface area (Å²) in [6, 6.07) is 34.9. The number of amides is 2. The summed E-state index contributed by atoms with van der Waals surface area (Å²) in [6.07, 6.45) is -0.474. The van der Waals surface area contributed by atoms with Crippen molar-refractivity contribution in [2.24, 2.45) is 0 Å². The fourth-order valence-corrected chi connectivity index (χ4v) is 6.37. The number of thioether (sulfide) groups is 1. The lowest BCUT2D eigenvalue weighted by molar-refractivity contribution is -0.245. The molecule has 0 spiro atoms. The van der Waals surface area contributed by atoms with Crippen LogP contribution in [-0.4, -0.2) is 47.1 Å². The van der Waals surface area contributed by atoms with Gasteiger partial charge in [-0.1, -0.05) is 121 Å². The van der Waals surface area contributed by atoms with Crippen LogP contribution in [0, 0.1) is 0 Å². The van der Waals surface area contributed by atoms with E-state index >= 15 is 0 Å². The summed E-state index contributed by atoms with van der Waals surface area (Å²) in [6.45, 7) is 2.01. The average Bonchev–Trinajstić information content (AvgIpc) is 3.61. The first kappa shape index (κ1) is 34.9. The van der Waals surface area contributed by atoms with E-state index in [9.17, 15) is 14.7 Å². The van der Waals surface area contributed by atoms with E-state index in [-0.39, 0.29) is 38.5 Å². The predicted molar refractivity (Wildman–Crippen MR) is 190 cm³/mol. The van der Waals surface area contributed by atoms with Gasteiger partial charge in [0.2, 0.25) is 0 Å². The summed E-state index contributed by atoms with van der Waals surface area (Å²) in [5.41, 5.74) is 6.25. The molecule has 2 amide bonds. The second kappa shape index (κ2) is 17.1. The first-order valence-electron chi connectivity index (χ1n) is 16.5. The van der Waals surface area contributed by atoms with E-state index in [1.807, 2.05) is 109 Å². The van der Waals surface area contributed by atoms with Crippen molar-refractivity contribution < 1.29 is 33.3 Å². The van der Waals surface area contributed by atoms with Gasteiger partial charge in [0.05, 0.1) is 25.4 Å². The molecule has 1 aliphatic heterocycles. The third-order valence-electron chi connectivity index (χ3n) is 8.10. The summed E-state index contributed by atoms with van der Waals surface area (Å²) in [5, 5.41) is 15.3. The van der Waals surface area contributed by atoms with E-state index in [1.54, 1.807) is 6.92 Å². The maximum atomic E-state index is 12.1. The van der Waals surface area contributed by atoms with Crippen molar-refractivity contribution >= 4 is 23.8 Å². The molecule has 1 saturated heterocycles. The zero-order valence-electron chi connectivity index (χ0n) is 27.6. The lowest BCUT2D eigenvalue weighted by Crippen LogP contribution is -2.38. The molecule has 0 saturated carbocycles. The number of carbonyl (C=O) groups excluding carboxylic acids is 2. The SMILES string of the molecule is CCOC(=O)CNC(=O)NCc1ccc(C2OC(CSc3nc(-c4ccccc4)c(-c4ccccc4)o3)CC(c3ccc(CO)cc3)O2)cc1. The van der Waals surface area contributed by atoms with Gasteiger partial charge in [0.25, 0.3) is 5.22 Å². The molecule has 4 aromatic carbocycles. The van der Waals surface area contributed by atoms with Gasteiger partial charge < -0.3 is 34.4 Å². The number of hydrogen-bond acceptors (Lipinski definition) is 9. The number of aliphatic hydroxyl groups excluding tert-OH is 1. The fourth-order valence-electron chi connectivity index (χ4n) is 5.53. The van der Waals surface area contributed by atoms with Gasteiger partial charge in [-0.3, -0.25) is 4.79 Å². The Labute approximate surface area is 295 Å². The van der Waals surface area contributed by atoms with E-state index in [4.69, 9.17) is 23.6 Å². The van der Waals surface area contributed by atoms with Crippen LogP contribution < -0.4 is 10.6 Å². The number of nitrogens with one attached hydrogen (secondary N) is 2. The van der Waals surface area contributed by atoms with Crippen LogP contribution in [0.4, 0.5) is 4.79 Å². The Bertz CT molecular complexity index is 1780. The Hall–Kier alpha value is -4.94. The van der Waals surface area contributed by atoms with Crippen molar-refractivity contribution in [1.82, 2.24) is 15.6 Å². The largest absolute Gasteiger partial charge is 0.465 e. The van der Waals surface area contributed by atoms with Crippen LogP contribution in [0.5, 0.6) is 0 Å². The minimum absolute atomic E-state index is 0.0306. The Kier molecular flexibility index (Phi) is 12.0. The zero-order valence-corrected chi connectivity index (χ0v) is 28.4. The molecule has 5 aromatic rings. The van der Waals surface area contributed by atoms with Crippen LogP contribution >= 0.6 is 11.8 Å². The first-order chi connectivity index (χ1) is 24.5. The zero-order chi connectivity index (χ0) is 34.7. The number of esters is 1. The van der Waals surface area contributed by atoms with Crippen molar-refractivity contribution in [2.45, 2.75) is 50.2 Å². The number of aliphatic hydroxyl groups is 1.